The first-order valence-electron chi connectivity index (χ1n) is 14.2. The van der Waals surface area contributed by atoms with E-state index in [9.17, 15) is 9.35 Å². The van der Waals surface area contributed by atoms with Crippen LogP contribution in [0, 0.1) is 0 Å². The van der Waals surface area contributed by atoms with Gasteiger partial charge in [-0.25, -0.2) is 14.8 Å². The summed E-state index contributed by atoms with van der Waals surface area (Å²) in [5.74, 6) is 2.37. The fourth-order valence-electron chi connectivity index (χ4n) is 5.53. The van der Waals surface area contributed by atoms with E-state index < -0.39 is 11.2 Å². The first-order chi connectivity index (χ1) is 18.9. The van der Waals surface area contributed by atoms with Gasteiger partial charge in [0.2, 0.25) is 0 Å². The highest BCUT2D eigenvalue weighted by Gasteiger charge is 2.41. The van der Waals surface area contributed by atoms with Crippen LogP contribution >= 0.6 is 0 Å². The lowest BCUT2D eigenvalue weighted by atomic mass is 9.89. The standard InChI is InChI=1S/C29H37N7O2S/c1-4-39(38)21-13-30-28(31-14-21)15-32-29(37)35-16-22(25-7-5-6-24(33-25)19-8-9-19)23(17-35)27-12-26(20-10-11-20)34-36(27)18(2)3/h5-7,12-14,18-20,22-23H,4,8-11,15-17H2,1-3H3,(H,32,37). The maximum Gasteiger partial charge on any atom is 0.317 e. The number of carbonyl (C=O) groups is 1. The van der Waals surface area contributed by atoms with Crippen molar-refractivity contribution < 1.29 is 9.35 Å². The number of carbonyl (C=O) groups excluding carboxylic acids is 1. The number of rotatable bonds is 9. The number of likely N-dealkylation sites (tertiary alicyclic amines) is 1. The van der Waals surface area contributed by atoms with E-state index in [4.69, 9.17) is 10.1 Å². The van der Waals surface area contributed by atoms with Crippen LogP contribution in [0.4, 0.5) is 4.79 Å². The van der Waals surface area contributed by atoms with Gasteiger partial charge < -0.3 is 14.8 Å². The summed E-state index contributed by atoms with van der Waals surface area (Å²) in [6, 6.07) is 8.78. The summed E-state index contributed by atoms with van der Waals surface area (Å²) in [5.41, 5.74) is 4.63. The van der Waals surface area contributed by atoms with E-state index in [1.54, 1.807) is 12.4 Å². The molecule has 3 unspecified atom stereocenters. The number of nitrogens with zero attached hydrogens (tertiary/aromatic N) is 6. The third-order valence-electron chi connectivity index (χ3n) is 8.03. The van der Waals surface area contributed by atoms with E-state index in [1.807, 2.05) is 11.8 Å². The molecule has 9 nitrogen and oxygen atoms in total. The van der Waals surface area contributed by atoms with E-state index in [-0.39, 0.29) is 30.5 Å². The molecule has 3 fully saturated rings. The molecule has 2 saturated carbocycles. The number of aromatic nitrogens is 5. The molecule has 0 spiro atoms. The zero-order valence-electron chi connectivity index (χ0n) is 22.9. The highest BCUT2D eigenvalue weighted by molar-refractivity contribution is 7.91. The molecule has 1 saturated heterocycles. The van der Waals surface area contributed by atoms with Crippen LogP contribution in [0.15, 0.2) is 41.6 Å². The average Bonchev–Trinajstić information content (AvgIpc) is 3.89. The van der Waals surface area contributed by atoms with Crippen LogP contribution in [0.2, 0.25) is 0 Å². The molecule has 10 heteroatoms. The molecule has 0 aromatic carbocycles. The van der Waals surface area contributed by atoms with E-state index in [1.165, 1.54) is 42.8 Å². The fourth-order valence-corrected chi connectivity index (χ4v) is 6.21. The van der Waals surface area contributed by atoms with Crippen molar-refractivity contribution in [2.75, 3.05) is 18.8 Å². The Morgan fingerprint density at radius 3 is 2.38 bits per heavy atom. The second-order valence-corrected chi connectivity index (χ2v) is 13.1. The first-order valence-corrected chi connectivity index (χ1v) is 15.5. The van der Waals surface area contributed by atoms with Gasteiger partial charge in [0.25, 0.3) is 0 Å². The summed E-state index contributed by atoms with van der Waals surface area (Å²) in [4.78, 5) is 29.6. The number of amides is 2. The molecule has 2 amide bonds. The highest BCUT2D eigenvalue weighted by atomic mass is 32.2. The van der Waals surface area contributed by atoms with E-state index in [2.05, 4.69) is 58.1 Å². The molecule has 1 N–H and O–H groups in total. The van der Waals surface area contributed by atoms with Gasteiger partial charge in [-0.1, -0.05) is 6.07 Å². The SMILES string of the molecule is CC[S+]([O-])c1cnc(CNC(=O)N2CC(c3cccc(C4CC4)n3)C(c3cc(C4CC4)nn3C(C)C)C2)nc1. The first kappa shape index (κ1) is 26.3. The fraction of sp³-hybridized carbons (Fsp3) is 0.552. The summed E-state index contributed by atoms with van der Waals surface area (Å²) < 4.78 is 14.1. The van der Waals surface area contributed by atoms with Crippen LogP contribution in [-0.4, -0.2) is 59.1 Å². The zero-order chi connectivity index (χ0) is 27.1. The maximum atomic E-state index is 13.4. The Morgan fingerprint density at radius 2 is 1.72 bits per heavy atom. The molecular weight excluding hydrogens is 510 g/mol. The van der Waals surface area contributed by atoms with Crippen molar-refractivity contribution in [2.45, 2.75) is 87.6 Å². The molecule has 2 aliphatic carbocycles. The smallest absolute Gasteiger partial charge is 0.317 e. The number of pyridine rings is 1. The molecular formula is C29H37N7O2S. The molecule has 206 valence electrons. The number of nitrogens with one attached hydrogen (secondary N) is 1. The van der Waals surface area contributed by atoms with Gasteiger partial charge in [0.15, 0.2) is 4.90 Å². The van der Waals surface area contributed by atoms with Crippen molar-refractivity contribution in [3.63, 3.8) is 0 Å². The molecule has 3 atom stereocenters. The second kappa shape index (κ2) is 10.9. The lowest BCUT2D eigenvalue weighted by molar-refractivity contribution is 0.207. The number of hydrogen-bond donors (Lipinski definition) is 1. The molecule has 0 radical (unpaired) electrons. The van der Waals surface area contributed by atoms with E-state index >= 15 is 0 Å². The van der Waals surface area contributed by atoms with Crippen LogP contribution in [0.25, 0.3) is 0 Å². The summed E-state index contributed by atoms with van der Waals surface area (Å²) in [7, 11) is 0. The van der Waals surface area contributed by atoms with Crippen LogP contribution in [0.3, 0.4) is 0 Å². The number of hydrogen-bond acceptors (Lipinski definition) is 6. The Hall–Kier alpha value is -2.98. The lowest BCUT2D eigenvalue weighted by Gasteiger charge is -2.21. The predicted octanol–water partition coefficient (Wildman–Crippen LogP) is 4.62. The van der Waals surface area contributed by atoms with Gasteiger partial charge in [0.1, 0.15) is 11.6 Å². The Kier molecular flexibility index (Phi) is 7.33. The Balaban J connectivity index is 1.23. The van der Waals surface area contributed by atoms with Gasteiger partial charge >= 0.3 is 6.03 Å². The number of urea groups is 1. The van der Waals surface area contributed by atoms with E-state index in [0.717, 1.165) is 5.69 Å². The van der Waals surface area contributed by atoms with Gasteiger partial charge in [-0.3, -0.25) is 9.67 Å². The predicted molar refractivity (Wildman–Crippen MR) is 149 cm³/mol. The van der Waals surface area contributed by atoms with Crippen LogP contribution in [0.5, 0.6) is 0 Å². The van der Waals surface area contributed by atoms with Gasteiger partial charge in [-0.2, -0.15) is 5.10 Å². The minimum absolute atomic E-state index is 0.0928. The summed E-state index contributed by atoms with van der Waals surface area (Å²) in [5, 5.41) is 8.01. The van der Waals surface area contributed by atoms with Gasteiger partial charge in [-0.05, 0) is 75.8 Å². The van der Waals surface area contributed by atoms with Crippen molar-refractivity contribution in [2.24, 2.45) is 0 Å². The minimum Gasteiger partial charge on any atom is -0.611 e. The van der Waals surface area contributed by atoms with Crippen molar-refractivity contribution >= 4 is 17.2 Å². The molecule has 4 heterocycles. The third-order valence-corrected chi connectivity index (χ3v) is 9.29. The summed E-state index contributed by atoms with van der Waals surface area (Å²) in [6.45, 7) is 7.62. The van der Waals surface area contributed by atoms with Crippen molar-refractivity contribution in [3.8, 4) is 0 Å². The largest absolute Gasteiger partial charge is 0.611 e. The normalized spacial score (nSPS) is 21.9. The zero-order valence-corrected chi connectivity index (χ0v) is 23.7. The van der Waals surface area contributed by atoms with Gasteiger partial charge in [0, 0.05) is 59.9 Å². The molecule has 3 aromatic rings. The Bertz CT molecular complexity index is 1320. The maximum absolute atomic E-state index is 13.4. The molecule has 39 heavy (non-hydrogen) atoms. The summed E-state index contributed by atoms with van der Waals surface area (Å²) in [6.07, 6.45) is 8.00. The Labute approximate surface area is 233 Å². The average molecular weight is 548 g/mol. The van der Waals surface area contributed by atoms with Crippen molar-refractivity contribution in [1.82, 2.24) is 34.9 Å². The second-order valence-electron chi connectivity index (χ2n) is 11.3. The Morgan fingerprint density at radius 1 is 1.05 bits per heavy atom. The lowest BCUT2D eigenvalue weighted by Crippen LogP contribution is -2.38. The van der Waals surface area contributed by atoms with Crippen LogP contribution < -0.4 is 5.32 Å². The van der Waals surface area contributed by atoms with Crippen molar-refractivity contribution in [3.05, 3.63) is 65.3 Å². The molecule has 1 aliphatic heterocycles. The minimum atomic E-state index is -1.10. The van der Waals surface area contributed by atoms with Crippen molar-refractivity contribution in [1.29, 1.82) is 0 Å². The van der Waals surface area contributed by atoms with Gasteiger partial charge in [0.05, 0.1) is 24.6 Å². The quantitative estimate of drug-likeness (QED) is 0.391. The highest BCUT2D eigenvalue weighted by Crippen LogP contribution is 2.45. The molecule has 6 rings (SSSR count). The molecule has 3 aliphatic rings. The van der Waals surface area contributed by atoms with Crippen LogP contribution in [0.1, 0.15) is 105 Å². The summed E-state index contributed by atoms with van der Waals surface area (Å²) >= 11 is -1.10. The van der Waals surface area contributed by atoms with E-state index in [0.29, 0.717) is 41.4 Å². The molecule has 0 bridgehead atoms. The topological polar surface area (TPSA) is 112 Å². The van der Waals surface area contributed by atoms with Gasteiger partial charge in [-0.15, -0.1) is 0 Å². The van der Waals surface area contributed by atoms with Crippen LogP contribution in [-0.2, 0) is 17.7 Å². The molecule has 3 aromatic heterocycles. The monoisotopic (exact) mass is 547 g/mol. The third kappa shape index (κ3) is 5.68.